The van der Waals surface area contributed by atoms with E-state index in [9.17, 15) is 13.2 Å². The van der Waals surface area contributed by atoms with Crippen LogP contribution < -0.4 is 5.32 Å². The number of fused-ring (bicyclic) bond motifs is 1. The summed E-state index contributed by atoms with van der Waals surface area (Å²) >= 11 is 0. The number of imidazole rings is 1. The highest BCUT2D eigenvalue weighted by Crippen LogP contribution is 2.41. The molecule has 0 unspecified atom stereocenters. The molecule has 1 saturated carbocycles. The number of sulfonamides is 1. The van der Waals surface area contributed by atoms with Gasteiger partial charge in [0.25, 0.3) is 10.0 Å². The van der Waals surface area contributed by atoms with Gasteiger partial charge in [0.2, 0.25) is 0 Å². The lowest BCUT2D eigenvalue weighted by atomic mass is 9.75. The molecule has 2 heterocycles. The molecule has 8 nitrogen and oxygen atoms in total. The molecule has 0 radical (unpaired) electrons. The SMILES string of the molecule is Cn1cnc(S(=O)(=O)N2C[C@@H]3CCCC[C@@]3(NC(=O)OC(C)(C)C)C2)c1. The van der Waals surface area contributed by atoms with Gasteiger partial charge in [-0.15, -0.1) is 0 Å². The van der Waals surface area contributed by atoms with E-state index in [1.54, 1.807) is 11.6 Å². The molecule has 0 spiro atoms. The normalized spacial score (nSPS) is 27.2. The zero-order chi connectivity index (χ0) is 19.2. The van der Waals surface area contributed by atoms with Crippen LogP contribution in [-0.2, 0) is 21.8 Å². The topological polar surface area (TPSA) is 93.5 Å². The van der Waals surface area contributed by atoms with E-state index in [0.29, 0.717) is 6.54 Å². The van der Waals surface area contributed by atoms with E-state index < -0.39 is 27.3 Å². The first-order chi connectivity index (χ1) is 12.0. The number of amides is 1. The molecule has 1 aliphatic carbocycles. The number of carbonyl (C=O) groups is 1. The Labute approximate surface area is 155 Å². The summed E-state index contributed by atoms with van der Waals surface area (Å²) in [6, 6.07) is 0. The average molecular weight is 385 g/mol. The lowest BCUT2D eigenvalue weighted by Crippen LogP contribution is -2.56. The van der Waals surface area contributed by atoms with Crippen LogP contribution in [0.25, 0.3) is 0 Å². The highest BCUT2D eigenvalue weighted by Gasteiger charge is 2.52. The first kappa shape index (κ1) is 19.2. The molecule has 1 aromatic heterocycles. The Morgan fingerprint density at radius 3 is 2.73 bits per heavy atom. The molecule has 26 heavy (non-hydrogen) atoms. The smallest absolute Gasteiger partial charge is 0.408 e. The van der Waals surface area contributed by atoms with Crippen molar-refractivity contribution in [2.45, 2.75) is 62.6 Å². The monoisotopic (exact) mass is 384 g/mol. The maximum atomic E-state index is 13.0. The number of ether oxygens (including phenoxy) is 1. The largest absolute Gasteiger partial charge is 0.444 e. The van der Waals surface area contributed by atoms with Gasteiger partial charge in [0.1, 0.15) is 5.60 Å². The summed E-state index contributed by atoms with van der Waals surface area (Å²) in [6.45, 7) is 6.10. The van der Waals surface area contributed by atoms with E-state index in [4.69, 9.17) is 4.74 Å². The highest BCUT2D eigenvalue weighted by molar-refractivity contribution is 7.89. The van der Waals surface area contributed by atoms with Gasteiger partial charge >= 0.3 is 6.09 Å². The van der Waals surface area contributed by atoms with Crippen molar-refractivity contribution in [1.82, 2.24) is 19.2 Å². The predicted octanol–water partition coefficient (Wildman–Crippen LogP) is 1.88. The zero-order valence-electron chi connectivity index (χ0n) is 15.9. The summed E-state index contributed by atoms with van der Waals surface area (Å²) in [7, 11) is -1.94. The van der Waals surface area contributed by atoms with Crippen molar-refractivity contribution in [1.29, 1.82) is 0 Å². The van der Waals surface area contributed by atoms with E-state index in [-0.39, 0.29) is 17.5 Å². The fourth-order valence-electron chi connectivity index (χ4n) is 3.96. The van der Waals surface area contributed by atoms with E-state index in [1.165, 1.54) is 16.8 Å². The fraction of sp³-hybridized carbons (Fsp3) is 0.765. The molecule has 2 fully saturated rings. The number of alkyl carbamates (subject to hydrolysis) is 1. The maximum absolute atomic E-state index is 13.0. The molecule has 1 amide bonds. The number of hydrogen-bond donors (Lipinski definition) is 1. The standard InChI is InChI=1S/C17H28N4O4S/c1-16(2,3)25-15(22)19-17-8-6-5-7-13(17)9-21(11-17)26(23,24)14-10-20(4)12-18-14/h10,12-13H,5-9,11H2,1-4H3,(H,19,22)/t13-,17+/m0/s1. The molecular weight excluding hydrogens is 356 g/mol. The van der Waals surface area contributed by atoms with Crippen molar-refractivity contribution in [3.05, 3.63) is 12.5 Å². The third-order valence-corrected chi connectivity index (χ3v) is 6.82. The van der Waals surface area contributed by atoms with Gasteiger partial charge in [0.15, 0.2) is 5.03 Å². The molecule has 0 bridgehead atoms. The molecule has 1 aromatic rings. The van der Waals surface area contributed by atoms with E-state index in [1.807, 2.05) is 20.8 Å². The van der Waals surface area contributed by atoms with Gasteiger partial charge in [-0.1, -0.05) is 12.8 Å². The third kappa shape index (κ3) is 3.73. The van der Waals surface area contributed by atoms with Crippen LogP contribution in [0.1, 0.15) is 46.5 Å². The Morgan fingerprint density at radius 1 is 1.38 bits per heavy atom. The Hall–Kier alpha value is -1.61. The molecule has 0 aromatic carbocycles. The van der Waals surface area contributed by atoms with Crippen LogP contribution in [0, 0.1) is 5.92 Å². The molecule has 146 valence electrons. The molecule has 1 saturated heterocycles. The molecule has 3 rings (SSSR count). The fourth-order valence-corrected chi connectivity index (χ4v) is 5.48. The van der Waals surface area contributed by atoms with Gasteiger partial charge in [-0.3, -0.25) is 0 Å². The molecular formula is C17H28N4O4S. The number of hydrogen-bond acceptors (Lipinski definition) is 5. The minimum atomic E-state index is -3.68. The second kappa shape index (κ2) is 6.53. The number of aryl methyl sites for hydroxylation is 1. The van der Waals surface area contributed by atoms with Gasteiger partial charge in [-0.05, 0) is 39.5 Å². The molecule has 9 heteroatoms. The van der Waals surface area contributed by atoms with Crippen molar-refractivity contribution < 1.29 is 17.9 Å². The van der Waals surface area contributed by atoms with E-state index >= 15 is 0 Å². The predicted molar refractivity (Wildman–Crippen MR) is 96.0 cm³/mol. The quantitative estimate of drug-likeness (QED) is 0.859. The first-order valence-corrected chi connectivity index (χ1v) is 10.5. The van der Waals surface area contributed by atoms with Crippen LogP contribution in [-0.4, -0.2) is 52.6 Å². The van der Waals surface area contributed by atoms with Crippen LogP contribution in [0.4, 0.5) is 4.79 Å². The van der Waals surface area contributed by atoms with Crippen LogP contribution in [0.2, 0.25) is 0 Å². The van der Waals surface area contributed by atoms with Crippen molar-refractivity contribution in [2.24, 2.45) is 13.0 Å². The van der Waals surface area contributed by atoms with Crippen molar-refractivity contribution in [2.75, 3.05) is 13.1 Å². The lowest BCUT2D eigenvalue weighted by molar-refractivity contribution is 0.0402. The highest BCUT2D eigenvalue weighted by atomic mass is 32.2. The second-order valence-corrected chi connectivity index (χ2v) is 10.3. The summed E-state index contributed by atoms with van der Waals surface area (Å²) in [5.74, 6) is 0.0854. The zero-order valence-corrected chi connectivity index (χ0v) is 16.7. The number of nitrogens with one attached hydrogen (secondary N) is 1. The molecule has 1 N–H and O–H groups in total. The molecule has 2 aliphatic rings. The number of aromatic nitrogens is 2. The average Bonchev–Trinajstić information content (AvgIpc) is 3.09. The van der Waals surface area contributed by atoms with Gasteiger partial charge in [0.05, 0.1) is 11.9 Å². The van der Waals surface area contributed by atoms with E-state index in [2.05, 4.69) is 10.3 Å². The summed E-state index contributed by atoms with van der Waals surface area (Å²) in [4.78, 5) is 16.4. The van der Waals surface area contributed by atoms with Crippen LogP contribution in [0.15, 0.2) is 17.6 Å². The summed E-state index contributed by atoms with van der Waals surface area (Å²) in [6.07, 6.45) is 6.15. The van der Waals surface area contributed by atoms with Crippen molar-refractivity contribution in [3.8, 4) is 0 Å². The Balaban J connectivity index is 1.82. The minimum Gasteiger partial charge on any atom is -0.444 e. The van der Waals surface area contributed by atoms with Gasteiger partial charge in [-0.2, -0.15) is 4.31 Å². The number of nitrogens with zero attached hydrogens (tertiary/aromatic N) is 3. The summed E-state index contributed by atoms with van der Waals surface area (Å²) < 4.78 is 34.4. The summed E-state index contributed by atoms with van der Waals surface area (Å²) in [5.41, 5.74) is -1.16. The van der Waals surface area contributed by atoms with Crippen LogP contribution in [0.5, 0.6) is 0 Å². The van der Waals surface area contributed by atoms with Crippen molar-refractivity contribution >= 4 is 16.1 Å². The van der Waals surface area contributed by atoms with Gasteiger partial charge < -0.3 is 14.6 Å². The Bertz CT molecular complexity index is 783. The second-order valence-electron chi connectivity index (χ2n) is 8.40. The molecule has 2 atom stereocenters. The molecule has 1 aliphatic heterocycles. The van der Waals surface area contributed by atoms with Gasteiger partial charge in [0, 0.05) is 26.3 Å². The number of rotatable bonds is 3. The number of carbonyl (C=O) groups excluding carboxylic acids is 1. The van der Waals surface area contributed by atoms with Crippen LogP contribution in [0.3, 0.4) is 0 Å². The Morgan fingerprint density at radius 2 is 2.12 bits per heavy atom. The van der Waals surface area contributed by atoms with Crippen LogP contribution >= 0.6 is 0 Å². The Kier molecular flexibility index (Phi) is 4.81. The summed E-state index contributed by atoms with van der Waals surface area (Å²) in [5, 5.41) is 3.06. The van der Waals surface area contributed by atoms with Crippen molar-refractivity contribution in [3.63, 3.8) is 0 Å². The maximum Gasteiger partial charge on any atom is 0.408 e. The first-order valence-electron chi connectivity index (χ1n) is 9.01. The third-order valence-electron chi connectivity index (χ3n) is 5.12. The lowest BCUT2D eigenvalue weighted by Gasteiger charge is -2.39. The minimum absolute atomic E-state index is 0.0473. The van der Waals surface area contributed by atoms with Gasteiger partial charge in [-0.25, -0.2) is 18.2 Å². The van der Waals surface area contributed by atoms with E-state index in [0.717, 1.165) is 25.7 Å².